The van der Waals surface area contributed by atoms with Gasteiger partial charge in [-0.05, 0) is 12.8 Å². The van der Waals surface area contributed by atoms with Crippen LogP contribution in [0.25, 0.3) is 0 Å². The molecule has 0 N–H and O–H groups in total. The van der Waals surface area contributed by atoms with Crippen LogP contribution in [-0.2, 0) is 9.59 Å². The maximum absolute atomic E-state index is 9.88. The molecule has 0 amide bonds. The largest absolute Gasteiger partial charge is 0.380 e. The number of aliphatic imine (C=N–C) groups is 2. The lowest BCUT2D eigenvalue weighted by Crippen LogP contribution is -2.11. The second-order valence-electron chi connectivity index (χ2n) is 2.81. The van der Waals surface area contributed by atoms with Gasteiger partial charge in [0.1, 0.15) is 0 Å². The molecule has 0 unspecified atom stereocenters. The Morgan fingerprint density at radius 1 is 1.36 bits per heavy atom. The fourth-order valence-electron chi connectivity index (χ4n) is 0.889. The fraction of sp³-hybridized carbons (Fsp3) is 0.556. The smallest absolute Gasteiger partial charge is 0.239 e. The van der Waals surface area contributed by atoms with E-state index < -0.39 is 0 Å². The SMILES string of the molecule is CN(C)C(=CN=C=O)CCCN=C=O. The molecule has 0 radical (unpaired) electrons. The summed E-state index contributed by atoms with van der Waals surface area (Å²) < 4.78 is 0. The summed E-state index contributed by atoms with van der Waals surface area (Å²) in [6.45, 7) is 0.444. The molecule has 0 saturated carbocycles. The molecule has 0 rings (SSSR count). The molecule has 0 bridgehead atoms. The molecular weight excluding hydrogens is 182 g/mol. The summed E-state index contributed by atoms with van der Waals surface area (Å²) in [7, 11) is 3.71. The minimum absolute atomic E-state index is 0.444. The van der Waals surface area contributed by atoms with Gasteiger partial charge in [-0.1, -0.05) is 0 Å². The highest BCUT2D eigenvalue weighted by Gasteiger charge is 1.98. The second-order valence-corrected chi connectivity index (χ2v) is 2.81. The summed E-state index contributed by atoms with van der Waals surface area (Å²) in [5.74, 6) is 0. The Hall–Kier alpha value is -1.70. The van der Waals surface area contributed by atoms with E-state index in [-0.39, 0.29) is 0 Å². The summed E-state index contributed by atoms with van der Waals surface area (Å²) in [5.41, 5.74) is 0.898. The van der Waals surface area contributed by atoms with E-state index in [0.29, 0.717) is 13.0 Å². The number of hydrogen-bond donors (Lipinski definition) is 0. The first-order chi connectivity index (χ1) is 6.72. The molecule has 0 aliphatic rings. The Morgan fingerprint density at radius 2 is 2.07 bits per heavy atom. The third-order valence-electron chi connectivity index (χ3n) is 1.61. The van der Waals surface area contributed by atoms with Gasteiger partial charge in [0.25, 0.3) is 0 Å². The van der Waals surface area contributed by atoms with Crippen molar-refractivity contribution in [3.8, 4) is 0 Å². The van der Waals surface area contributed by atoms with Crippen LogP contribution in [0.1, 0.15) is 12.8 Å². The Bertz CT molecular complexity index is 284. The van der Waals surface area contributed by atoms with Gasteiger partial charge in [0.05, 0.1) is 12.7 Å². The van der Waals surface area contributed by atoms with E-state index in [2.05, 4.69) is 9.98 Å². The number of hydrogen-bond acceptors (Lipinski definition) is 5. The van der Waals surface area contributed by atoms with Crippen LogP contribution in [0.4, 0.5) is 0 Å². The van der Waals surface area contributed by atoms with Crippen molar-refractivity contribution in [2.24, 2.45) is 9.98 Å². The van der Waals surface area contributed by atoms with Crippen LogP contribution in [-0.4, -0.2) is 37.7 Å². The summed E-state index contributed by atoms with van der Waals surface area (Å²) in [6, 6.07) is 0. The van der Waals surface area contributed by atoms with Gasteiger partial charge in [-0.2, -0.15) is 4.99 Å². The minimum atomic E-state index is 0.444. The van der Waals surface area contributed by atoms with Gasteiger partial charge >= 0.3 is 0 Å². The lowest BCUT2D eigenvalue weighted by atomic mass is 10.2. The van der Waals surface area contributed by atoms with Crippen LogP contribution in [0.3, 0.4) is 0 Å². The molecule has 0 aliphatic carbocycles. The average Bonchev–Trinajstić information content (AvgIpc) is 2.16. The highest BCUT2D eigenvalue weighted by Crippen LogP contribution is 2.07. The van der Waals surface area contributed by atoms with Gasteiger partial charge in [0, 0.05) is 19.8 Å². The van der Waals surface area contributed by atoms with E-state index in [9.17, 15) is 9.59 Å². The van der Waals surface area contributed by atoms with Crippen LogP contribution in [0.15, 0.2) is 21.9 Å². The lowest BCUT2D eigenvalue weighted by Gasteiger charge is -2.15. The van der Waals surface area contributed by atoms with E-state index in [0.717, 1.165) is 12.1 Å². The molecule has 0 fully saturated rings. The lowest BCUT2D eigenvalue weighted by molar-refractivity contribution is 0.479. The van der Waals surface area contributed by atoms with Gasteiger partial charge < -0.3 is 4.90 Å². The fourth-order valence-corrected chi connectivity index (χ4v) is 0.889. The molecular formula is C9H13N3O2. The minimum Gasteiger partial charge on any atom is -0.380 e. The van der Waals surface area contributed by atoms with Crippen molar-refractivity contribution < 1.29 is 9.59 Å². The molecule has 0 atom stereocenters. The van der Waals surface area contributed by atoms with Crippen molar-refractivity contribution in [1.82, 2.24) is 4.90 Å². The van der Waals surface area contributed by atoms with Crippen LogP contribution in [0.5, 0.6) is 0 Å². The first kappa shape index (κ1) is 12.3. The molecule has 5 nitrogen and oxygen atoms in total. The maximum Gasteiger partial charge on any atom is 0.239 e. The van der Waals surface area contributed by atoms with E-state index in [1.165, 1.54) is 18.4 Å². The van der Waals surface area contributed by atoms with E-state index in [1.54, 1.807) is 0 Å². The van der Waals surface area contributed by atoms with E-state index in [4.69, 9.17) is 0 Å². The standard InChI is InChI=1S/C9H13N3O2/c1-12(2)9(6-11-8-14)4-3-5-10-7-13/h6H,3-5H2,1-2H3. The van der Waals surface area contributed by atoms with Gasteiger partial charge in [-0.25, -0.2) is 14.6 Å². The van der Waals surface area contributed by atoms with Gasteiger partial charge in [0.2, 0.25) is 12.2 Å². The quantitative estimate of drug-likeness (QED) is 0.358. The van der Waals surface area contributed by atoms with Crippen LogP contribution >= 0.6 is 0 Å². The first-order valence-corrected chi connectivity index (χ1v) is 4.19. The molecule has 76 valence electrons. The Kier molecular flexibility index (Phi) is 6.96. The topological polar surface area (TPSA) is 62.1 Å². The molecule has 0 aromatic heterocycles. The Labute approximate surface area is 82.8 Å². The normalized spacial score (nSPS) is 10.0. The molecule has 0 aliphatic heterocycles. The van der Waals surface area contributed by atoms with Crippen LogP contribution in [0, 0.1) is 0 Å². The first-order valence-electron chi connectivity index (χ1n) is 4.19. The van der Waals surface area contributed by atoms with Crippen molar-refractivity contribution in [2.75, 3.05) is 20.6 Å². The van der Waals surface area contributed by atoms with Crippen molar-refractivity contribution in [1.29, 1.82) is 0 Å². The molecule has 0 saturated heterocycles. The highest BCUT2D eigenvalue weighted by molar-refractivity contribution is 5.35. The zero-order chi connectivity index (χ0) is 10.8. The predicted octanol–water partition coefficient (Wildman–Crippen LogP) is 0.841. The van der Waals surface area contributed by atoms with Crippen LogP contribution < -0.4 is 0 Å². The van der Waals surface area contributed by atoms with Crippen molar-refractivity contribution in [2.45, 2.75) is 12.8 Å². The highest BCUT2D eigenvalue weighted by atomic mass is 16.1. The monoisotopic (exact) mass is 195 g/mol. The zero-order valence-corrected chi connectivity index (χ0v) is 8.36. The summed E-state index contributed by atoms with van der Waals surface area (Å²) in [4.78, 5) is 28.3. The number of carbonyl (C=O) groups excluding carboxylic acids is 2. The molecule has 0 aromatic rings. The molecule has 0 heterocycles. The van der Waals surface area contributed by atoms with Gasteiger partial charge in [-0.15, -0.1) is 0 Å². The van der Waals surface area contributed by atoms with Crippen LogP contribution in [0.2, 0.25) is 0 Å². The summed E-state index contributed by atoms with van der Waals surface area (Å²) in [6.07, 6.45) is 5.81. The number of isocyanates is 2. The molecule has 0 spiro atoms. The molecule has 14 heavy (non-hydrogen) atoms. The Balaban J connectivity index is 4.10. The number of rotatable bonds is 6. The third kappa shape index (κ3) is 5.89. The zero-order valence-electron chi connectivity index (χ0n) is 8.36. The van der Waals surface area contributed by atoms with Gasteiger partial charge in [0.15, 0.2) is 0 Å². The number of nitrogens with zero attached hydrogens (tertiary/aromatic N) is 3. The van der Waals surface area contributed by atoms with E-state index in [1.807, 2.05) is 19.0 Å². The summed E-state index contributed by atoms with van der Waals surface area (Å²) >= 11 is 0. The van der Waals surface area contributed by atoms with Crippen molar-refractivity contribution in [3.63, 3.8) is 0 Å². The van der Waals surface area contributed by atoms with Gasteiger partial charge in [-0.3, -0.25) is 0 Å². The van der Waals surface area contributed by atoms with Crippen molar-refractivity contribution >= 4 is 12.2 Å². The summed E-state index contributed by atoms with van der Waals surface area (Å²) in [5, 5.41) is 0. The Morgan fingerprint density at radius 3 is 2.57 bits per heavy atom. The molecule has 5 heteroatoms. The van der Waals surface area contributed by atoms with Crippen molar-refractivity contribution in [3.05, 3.63) is 11.9 Å². The predicted molar refractivity (Wildman–Crippen MR) is 52.1 cm³/mol. The number of allylic oxidation sites excluding steroid dienone is 1. The molecule has 0 aromatic carbocycles. The van der Waals surface area contributed by atoms with E-state index >= 15 is 0 Å². The average molecular weight is 195 g/mol. The second kappa shape index (κ2) is 7.92. The maximum atomic E-state index is 9.88. The third-order valence-corrected chi connectivity index (χ3v) is 1.61.